The second kappa shape index (κ2) is 6.70. The topological polar surface area (TPSA) is 35.5 Å². The fourth-order valence-electron chi connectivity index (χ4n) is 3.23. The van der Waals surface area contributed by atoms with Gasteiger partial charge in [0.1, 0.15) is 0 Å². The van der Waals surface area contributed by atoms with Gasteiger partial charge in [-0.3, -0.25) is 4.90 Å². The molecule has 20 heavy (non-hydrogen) atoms. The van der Waals surface area contributed by atoms with Crippen LogP contribution in [0.25, 0.3) is 0 Å². The van der Waals surface area contributed by atoms with E-state index >= 15 is 0 Å². The Morgan fingerprint density at radius 2 is 2.05 bits per heavy atom. The molecule has 1 heterocycles. The van der Waals surface area contributed by atoms with Crippen molar-refractivity contribution in [2.75, 3.05) is 33.2 Å². The Morgan fingerprint density at radius 3 is 2.65 bits per heavy atom. The normalized spacial score (nSPS) is 27.2. The number of rotatable bonds is 5. The van der Waals surface area contributed by atoms with Crippen molar-refractivity contribution in [3.05, 3.63) is 35.9 Å². The van der Waals surface area contributed by atoms with Gasteiger partial charge in [0.05, 0.1) is 6.10 Å². The molecule has 2 N–H and O–H groups in total. The molecular weight excluding hydrogens is 248 g/mol. The third-order valence-corrected chi connectivity index (χ3v) is 4.61. The number of piperidine rings is 1. The largest absolute Gasteiger partial charge is 0.392 e. The molecule has 0 radical (unpaired) electrons. The van der Waals surface area contributed by atoms with E-state index in [2.05, 4.69) is 54.4 Å². The van der Waals surface area contributed by atoms with Crippen LogP contribution < -0.4 is 5.32 Å². The maximum atomic E-state index is 10.1. The minimum Gasteiger partial charge on any atom is -0.392 e. The Morgan fingerprint density at radius 1 is 1.35 bits per heavy atom. The molecule has 3 unspecified atom stereocenters. The van der Waals surface area contributed by atoms with Gasteiger partial charge in [-0.15, -0.1) is 0 Å². The van der Waals surface area contributed by atoms with Crippen molar-refractivity contribution in [1.29, 1.82) is 0 Å². The first-order valence-electron chi connectivity index (χ1n) is 7.66. The lowest BCUT2D eigenvalue weighted by Crippen LogP contribution is -2.50. The average Bonchev–Trinajstić information content (AvgIpc) is 2.44. The van der Waals surface area contributed by atoms with Crippen LogP contribution in [-0.2, 0) is 5.41 Å². The Hall–Kier alpha value is -0.900. The van der Waals surface area contributed by atoms with E-state index in [4.69, 9.17) is 0 Å². The molecule has 3 nitrogen and oxygen atoms in total. The molecular formula is C17H28N2O. The summed E-state index contributed by atoms with van der Waals surface area (Å²) in [6, 6.07) is 10.7. The molecule has 2 rings (SSSR count). The highest BCUT2D eigenvalue weighted by atomic mass is 16.3. The fraction of sp³-hybridized carbons (Fsp3) is 0.647. The van der Waals surface area contributed by atoms with Crippen molar-refractivity contribution < 1.29 is 5.11 Å². The molecule has 1 aliphatic rings. The maximum absolute atomic E-state index is 10.1. The van der Waals surface area contributed by atoms with Crippen molar-refractivity contribution in [2.45, 2.75) is 31.8 Å². The third-order valence-electron chi connectivity index (χ3n) is 4.61. The summed E-state index contributed by atoms with van der Waals surface area (Å²) in [6.07, 6.45) is 0.907. The van der Waals surface area contributed by atoms with Gasteiger partial charge in [-0.2, -0.15) is 0 Å². The number of hydrogen-bond donors (Lipinski definition) is 2. The van der Waals surface area contributed by atoms with Crippen LogP contribution in [0.3, 0.4) is 0 Å². The van der Waals surface area contributed by atoms with Gasteiger partial charge in [-0.05, 0) is 31.5 Å². The second-order valence-corrected chi connectivity index (χ2v) is 6.53. The summed E-state index contributed by atoms with van der Waals surface area (Å²) in [7, 11) is 2.01. The molecule has 112 valence electrons. The predicted octanol–water partition coefficient (Wildman–Crippen LogP) is 1.87. The summed E-state index contributed by atoms with van der Waals surface area (Å²) in [5, 5.41) is 13.4. The molecule has 1 fully saturated rings. The molecule has 0 amide bonds. The number of nitrogens with one attached hydrogen (secondary N) is 1. The summed E-state index contributed by atoms with van der Waals surface area (Å²) in [5.74, 6) is 0.429. The first-order chi connectivity index (χ1) is 9.55. The van der Waals surface area contributed by atoms with Crippen molar-refractivity contribution in [2.24, 2.45) is 5.92 Å². The van der Waals surface area contributed by atoms with Gasteiger partial charge in [0, 0.05) is 25.0 Å². The van der Waals surface area contributed by atoms with E-state index in [1.807, 2.05) is 7.05 Å². The number of aliphatic hydroxyl groups is 1. The van der Waals surface area contributed by atoms with Crippen LogP contribution in [0.15, 0.2) is 30.3 Å². The summed E-state index contributed by atoms with van der Waals surface area (Å²) >= 11 is 0. The number of likely N-dealkylation sites (tertiary alicyclic amines) is 1. The first kappa shape index (κ1) is 15.5. The van der Waals surface area contributed by atoms with Crippen LogP contribution in [0.1, 0.15) is 25.8 Å². The van der Waals surface area contributed by atoms with Crippen molar-refractivity contribution in [3.8, 4) is 0 Å². The van der Waals surface area contributed by atoms with E-state index in [0.717, 1.165) is 32.6 Å². The monoisotopic (exact) mass is 276 g/mol. The van der Waals surface area contributed by atoms with Crippen LogP contribution in [0, 0.1) is 5.92 Å². The summed E-state index contributed by atoms with van der Waals surface area (Å²) in [6.45, 7) is 8.27. The maximum Gasteiger partial charge on any atom is 0.0693 e. The molecule has 3 heteroatoms. The van der Waals surface area contributed by atoms with E-state index in [9.17, 15) is 5.11 Å². The van der Waals surface area contributed by atoms with Crippen LogP contribution in [0.5, 0.6) is 0 Å². The van der Waals surface area contributed by atoms with Gasteiger partial charge in [-0.25, -0.2) is 0 Å². The number of β-amino-alcohol motifs (C(OH)–C–C–N with tert-alkyl or cyclic N) is 1. The van der Waals surface area contributed by atoms with E-state index in [0.29, 0.717) is 5.92 Å². The van der Waals surface area contributed by atoms with E-state index in [-0.39, 0.29) is 11.5 Å². The Balaban J connectivity index is 2.09. The standard InChI is InChI=1S/C17H28N2O/c1-14-9-10-19(11-16(14)20)13-17(2,12-18-3)15-7-5-4-6-8-15/h4-8,14,16,18,20H,9-13H2,1-3H3. The molecule has 0 saturated carbocycles. The number of benzene rings is 1. The van der Waals surface area contributed by atoms with Gasteiger partial charge in [0.25, 0.3) is 0 Å². The zero-order valence-electron chi connectivity index (χ0n) is 13.0. The lowest BCUT2D eigenvalue weighted by Gasteiger charge is -2.40. The zero-order chi connectivity index (χ0) is 14.6. The molecule has 0 aromatic heterocycles. The first-order valence-corrected chi connectivity index (χ1v) is 7.66. The SMILES string of the molecule is CNCC(C)(CN1CCC(C)C(O)C1)c1ccccc1. The van der Waals surface area contributed by atoms with Crippen LogP contribution in [0.2, 0.25) is 0 Å². The van der Waals surface area contributed by atoms with E-state index in [1.54, 1.807) is 0 Å². The molecule has 0 spiro atoms. The number of nitrogens with zero attached hydrogens (tertiary/aromatic N) is 1. The highest BCUT2D eigenvalue weighted by Crippen LogP contribution is 2.27. The number of hydrogen-bond acceptors (Lipinski definition) is 3. The molecule has 1 aromatic rings. The second-order valence-electron chi connectivity index (χ2n) is 6.53. The summed E-state index contributed by atoms with van der Waals surface area (Å²) in [5.41, 5.74) is 1.44. The number of likely N-dealkylation sites (N-methyl/N-ethyl adjacent to an activating group) is 1. The lowest BCUT2D eigenvalue weighted by atomic mass is 9.81. The highest BCUT2D eigenvalue weighted by Gasteiger charge is 2.32. The Labute approximate surface area is 123 Å². The molecule has 1 aliphatic heterocycles. The van der Waals surface area contributed by atoms with Crippen molar-refractivity contribution in [3.63, 3.8) is 0 Å². The zero-order valence-corrected chi connectivity index (χ0v) is 13.0. The van der Waals surface area contributed by atoms with E-state index < -0.39 is 0 Å². The molecule has 0 aliphatic carbocycles. The highest BCUT2D eigenvalue weighted by molar-refractivity contribution is 5.25. The molecule has 1 aromatic carbocycles. The Bertz CT molecular complexity index is 409. The van der Waals surface area contributed by atoms with Crippen LogP contribution in [-0.4, -0.2) is 49.3 Å². The Kier molecular flexibility index (Phi) is 5.19. The van der Waals surface area contributed by atoms with Crippen molar-refractivity contribution in [1.82, 2.24) is 10.2 Å². The van der Waals surface area contributed by atoms with Crippen LogP contribution >= 0.6 is 0 Å². The minimum atomic E-state index is -0.182. The molecule has 1 saturated heterocycles. The molecule has 0 bridgehead atoms. The van der Waals surface area contributed by atoms with Gasteiger partial charge in [-0.1, -0.05) is 44.2 Å². The number of aliphatic hydroxyl groups excluding tert-OH is 1. The third kappa shape index (κ3) is 3.60. The minimum absolute atomic E-state index is 0.0797. The average molecular weight is 276 g/mol. The van der Waals surface area contributed by atoms with Crippen molar-refractivity contribution >= 4 is 0 Å². The molecule has 3 atom stereocenters. The summed E-state index contributed by atoms with van der Waals surface area (Å²) < 4.78 is 0. The van der Waals surface area contributed by atoms with Gasteiger partial charge < -0.3 is 10.4 Å². The van der Waals surface area contributed by atoms with E-state index in [1.165, 1.54) is 5.56 Å². The van der Waals surface area contributed by atoms with Gasteiger partial charge in [0.2, 0.25) is 0 Å². The summed E-state index contributed by atoms with van der Waals surface area (Å²) in [4.78, 5) is 2.41. The quantitative estimate of drug-likeness (QED) is 0.862. The fourth-order valence-corrected chi connectivity index (χ4v) is 3.23. The smallest absolute Gasteiger partial charge is 0.0693 e. The predicted molar refractivity (Wildman–Crippen MR) is 83.9 cm³/mol. The lowest BCUT2D eigenvalue weighted by molar-refractivity contribution is 0.0207. The van der Waals surface area contributed by atoms with Crippen LogP contribution in [0.4, 0.5) is 0 Å². The van der Waals surface area contributed by atoms with Gasteiger partial charge in [0.15, 0.2) is 0 Å². The van der Waals surface area contributed by atoms with Gasteiger partial charge >= 0.3 is 0 Å².